The second kappa shape index (κ2) is 4.94. The van der Waals surface area contributed by atoms with E-state index in [4.69, 9.17) is 5.26 Å². The zero-order valence-electron chi connectivity index (χ0n) is 7.95. The summed E-state index contributed by atoms with van der Waals surface area (Å²) in [6, 6.07) is 10.5. The summed E-state index contributed by atoms with van der Waals surface area (Å²) in [6.45, 7) is 4.18. The van der Waals surface area contributed by atoms with Crippen molar-refractivity contribution in [2.75, 3.05) is 0 Å². The van der Waals surface area contributed by atoms with E-state index in [-0.39, 0.29) is 0 Å². The fourth-order valence-electron chi connectivity index (χ4n) is 1.08. The summed E-state index contributed by atoms with van der Waals surface area (Å²) in [7, 11) is 0. The summed E-state index contributed by atoms with van der Waals surface area (Å²) >= 11 is 1.77. The molecular weight excluding hydrogens is 178 g/mol. The van der Waals surface area contributed by atoms with Crippen molar-refractivity contribution >= 4 is 11.8 Å². The van der Waals surface area contributed by atoms with E-state index in [1.807, 2.05) is 12.1 Å². The number of thioether (sulfide) groups is 1. The van der Waals surface area contributed by atoms with Crippen molar-refractivity contribution < 1.29 is 0 Å². The van der Waals surface area contributed by atoms with Crippen LogP contribution < -0.4 is 0 Å². The minimum atomic E-state index is 0.381. The Morgan fingerprint density at radius 2 is 2.15 bits per heavy atom. The average molecular weight is 191 g/mol. The third-order valence-electron chi connectivity index (χ3n) is 1.80. The molecule has 68 valence electrons. The summed E-state index contributed by atoms with van der Waals surface area (Å²) in [6.07, 6.45) is 0.610. The molecular formula is C11H13NS. The molecule has 0 heterocycles. The number of aryl methyl sites for hydroxylation is 1. The van der Waals surface area contributed by atoms with Gasteiger partial charge in [0.25, 0.3) is 0 Å². The average Bonchev–Trinajstić information content (AvgIpc) is 2.09. The number of rotatable bonds is 3. The highest BCUT2D eigenvalue weighted by Gasteiger charge is 2.04. The van der Waals surface area contributed by atoms with Crippen molar-refractivity contribution in [2.45, 2.75) is 30.4 Å². The van der Waals surface area contributed by atoms with Crippen LogP contribution in [0.2, 0.25) is 0 Å². The van der Waals surface area contributed by atoms with Gasteiger partial charge in [0, 0.05) is 16.6 Å². The second-order valence-electron chi connectivity index (χ2n) is 3.06. The summed E-state index contributed by atoms with van der Waals surface area (Å²) in [4.78, 5) is 1.28. The lowest BCUT2D eigenvalue weighted by atomic mass is 10.2. The lowest BCUT2D eigenvalue weighted by Crippen LogP contribution is -1.93. The lowest BCUT2D eigenvalue weighted by molar-refractivity contribution is 0.988. The largest absolute Gasteiger partial charge is 0.198 e. The molecule has 0 amide bonds. The normalized spacial score (nSPS) is 12.1. The predicted octanol–water partition coefficient (Wildman–Crippen LogP) is 3.39. The standard InChI is InChI=1S/C11H13NS/c1-9-5-3-4-6-11(9)13-10(2)7-8-12/h3-6,10H,7H2,1-2H3. The maximum absolute atomic E-state index is 8.52. The number of hydrogen-bond donors (Lipinski definition) is 0. The molecule has 1 aromatic rings. The predicted molar refractivity (Wildman–Crippen MR) is 56.7 cm³/mol. The van der Waals surface area contributed by atoms with Crippen LogP contribution in [0.3, 0.4) is 0 Å². The topological polar surface area (TPSA) is 23.8 Å². The molecule has 0 aliphatic carbocycles. The lowest BCUT2D eigenvalue weighted by Gasteiger charge is -2.08. The highest BCUT2D eigenvalue weighted by atomic mass is 32.2. The Kier molecular flexibility index (Phi) is 3.85. The van der Waals surface area contributed by atoms with Gasteiger partial charge in [-0.3, -0.25) is 0 Å². The summed E-state index contributed by atoms with van der Waals surface area (Å²) in [5, 5.41) is 8.90. The van der Waals surface area contributed by atoms with E-state index in [0.717, 1.165) is 0 Å². The first-order chi connectivity index (χ1) is 6.24. The van der Waals surface area contributed by atoms with E-state index in [2.05, 4.69) is 32.0 Å². The second-order valence-corrected chi connectivity index (χ2v) is 4.54. The molecule has 1 rings (SSSR count). The molecule has 13 heavy (non-hydrogen) atoms. The van der Waals surface area contributed by atoms with E-state index in [0.29, 0.717) is 11.7 Å². The van der Waals surface area contributed by atoms with E-state index in [1.165, 1.54) is 10.5 Å². The van der Waals surface area contributed by atoms with Gasteiger partial charge in [0.15, 0.2) is 0 Å². The van der Waals surface area contributed by atoms with Gasteiger partial charge in [-0.15, -0.1) is 11.8 Å². The Hall–Kier alpha value is -0.940. The molecule has 1 unspecified atom stereocenters. The van der Waals surface area contributed by atoms with Gasteiger partial charge >= 0.3 is 0 Å². The number of benzene rings is 1. The first kappa shape index (κ1) is 10.1. The third-order valence-corrected chi connectivity index (χ3v) is 3.08. The quantitative estimate of drug-likeness (QED) is 0.684. The smallest absolute Gasteiger partial charge is 0.0633 e. The van der Waals surface area contributed by atoms with Crippen LogP contribution in [0.1, 0.15) is 18.9 Å². The van der Waals surface area contributed by atoms with Crippen LogP contribution in [0, 0.1) is 18.3 Å². The monoisotopic (exact) mass is 191 g/mol. The highest BCUT2D eigenvalue weighted by Crippen LogP contribution is 2.27. The van der Waals surface area contributed by atoms with Crippen molar-refractivity contribution in [2.24, 2.45) is 0 Å². The van der Waals surface area contributed by atoms with Gasteiger partial charge in [-0.1, -0.05) is 25.1 Å². The van der Waals surface area contributed by atoms with Gasteiger partial charge in [0.2, 0.25) is 0 Å². The van der Waals surface area contributed by atoms with Gasteiger partial charge in [-0.2, -0.15) is 5.26 Å². The van der Waals surface area contributed by atoms with E-state index in [1.54, 1.807) is 11.8 Å². The zero-order valence-corrected chi connectivity index (χ0v) is 8.77. The van der Waals surface area contributed by atoms with E-state index >= 15 is 0 Å². The van der Waals surface area contributed by atoms with Gasteiger partial charge in [-0.05, 0) is 18.6 Å². The minimum absolute atomic E-state index is 0.381. The fourth-order valence-corrected chi connectivity index (χ4v) is 2.08. The highest BCUT2D eigenvalue weighted by molar-refractivity contribution is 8.00. The van der Waals surface area contributed by atoms with Gasteiger partial charge < -0.3 is 0 Å². The Morgan fingerprint density at radius 3 is 2.77 bits per heavy atom. The molecule has 0 fully saturated rings. The molecule has 0 bridgehead atoms. The number of hydrogen-bond acceptors (Lipinski definition) is 2. The van der Waals surface area contributed by atoms with Gasteiger partial charge in [-0.25, -0.2) is 0 Å². The molecule has 2 heteroatoms. The first-order valence-electron chi connectivity index (χ1n) is 4.33. The van der Waals surface area contributed by atoms with Crippen LogP contribution in [0.5, 0.6) is 0 Å². The van der Waals surface area contributed by atoms with Crippen LogP contribution in [-0.4, -0.2) is 5.25 Å². The molecule has 0 aliphatic rings. The Bertz CT molecular complexity index is 314. The zero-order chi connectivity index (χ0) is 9.68. The fraction of sp³-hybridized carbons (Fsp3) is 0.364. The van der Waals surface area contributed by atoms with Crippen molar-refractivity contribution in [3.05, 3.63) is 29.8 Å². The van der Waals surface area contributed by atoms with Crippen molar-refractivity contribution in [3.8, 4) is 6.07 Å². The molecule has 1 nitrogen and oxygen atoms in total. The van der Waals surface area contributed by atoms with Gasteiger partial charge in [0.05, 0.1) is 6.07 Å². The molecule has 0 saturated carbocycles. The molecule has 1 atom stereocenters. The molecule has 1 aromatic carbocycles. The van der Waals surface area contributed by atoms with Crippen molar-refractivity contribution in [1.82, 2.24) is 0 Å². The molecule has 0 spiro atoms. The van der Waals surface area contributed by atoms with E-state index in [9.17, 15) is 0 Å². The van der Waals surface area contributed by atoms with Crippen LogP contribution in [0.4, 0.5) is 0 Å². The Morgan fingerprint density at radius 1 is 1.46 bits per heavy atom. The molecule has 0 saturated heterocycles. The van der Waals surface area contributed by atoms with Gasteiger partial charge in [0.1, 0.15) is 0 Å². The SMILES string of the molecule is Cc1ccccc1SC(C)CC#N. The Balaban J connectivity index is 2.64. The molecule has 0 aromatic heterocycles. The van der Waals surface area contributed by atoms with Crippen LogP contribution in [0.15, 0.2) is 29.2 Å². The summed E-state index contributed by atoms with van der Waals surface area (Å²) < 4.78 is 0. The molecule has 0 aliphatic heterocycles. The molecule has 0 N–H and O–H groups in total. The van der Waals surface area contributed by atoms with Crippen molar-refractivity contribution in [3.63, 3.8) is 0 Å². The maximum Gasteiger partial charge on any atom is 0.0633 e. The third kappa shape index (κ3) is 3.12. The van der Waals surface area contributed by atoms with Crippen LogP contribution in [0.25, 0.3) is 0 Å². The maximum atomic E-state index is 8.52. The van der Waals surface area contributed by atoms with Crippen molar-refractivity contribution in [1.29, 1.82) is 5.26 Å². The first-order valence-corrected chi connectivity index (χ1v) is 5.21. The number of nitriles is 1. The van der Waals surface area contributed by atoms with Crippen LogP contribution in [-0.2, 0) is 0 Å². The summed E-state index contributed by atoms with van der Waals surface area (Å²) in [5.74, 6) is 0. The summed E-state index contributed by atoms with van der Waals surface area (Å²) in [5.41, 5.74) is 1.29. The molecule has 0 radical (unpaired) electrons. The van der Waals surface area contributed by atoms with E-state index < -0.39 is 0 Å². The minimum Gasteiger partial charge on any atom is -0.198 e. The van der Waals surface area contributed by atoms with Crippen LogP contribution >= 0.6 is 11.8 Å². The number of nitrogens with zero attached hydrogens (tertiary/aromatic N) is 1. The Labute approximate surface area is 83.8 Å².